The number of amides is 3. The van der Waals surface area contributed by atoms with Crippen LogP contribution < -0.4 is 0 Å². The quantitative estimate of drug-likeness (QED) is 0.407. The lowest BCUT2D eigenvalue weighted by Gasteiger charge is -2.40. The molecular formula is C15H18N3O3P3S2. The normalized spacial score (nSPS) is 22.4. The number of fused-ring (bicyclic) bond motifs is 6. The van der Waals surface area contributed by atoms with E-state index in [2.05, 4.69) is 39.9 Å². The Balaban J connectivity index is 2.00. The van der Waals surface area contributed by atoms with E-state index in [0.29, 0.717) is 26.1 Å². The van der Waals surface area contributed by atoms with E-state index in [1.165, 1.54) is 11.6 Å². The molecule has 0 bridgehead atoms. The van der Waals surface area contributed by atoms with Crippen molar-refractivity contribution in [1.82, 2.24) is 13.6 Å². The molecule has 138 valence electrons. The highest BCUT2D eigenvalue weighted by atomic mass is 32.7. The fraction of sp³-hybridized carbons (Fsp3) is 0.400. The number of hydrogen-bond donors (Lipinski definition) is 1. The Kier molecular flexibility index (Phi) is 5.03. The zero-order valence-corrected chi connectivity index (χ0v) is 18.9. The van der Waals surface area contributed by atoms with Crippen LogP contribution >= 0.6 is 51.4 Å². The van der Waals surface area contributed by atoms with Gasteiger partial charge in [-0.05, 0) is 63.7 Å². The number of thiol groups is 1. The smallest absolute Gasteiger partial charge is 0.243 e. The van der Waals surface area contributed by atoms with Gasteiger partial charge in [0.05, 0.1) is 19.4 Å². The highest BCUT2D eigenvalue weighted by Crippen LogP contribution is 2.45. The van der Waals surface area contributed by atoms with Crippen molar-refractivity contribution in [3.8, 4) is 0 Å². The predicted molar refractivity (Wildman–Crippen MR) is 114 cm³/mol. The number of benzene rings is 1. The Morgan fingerprint density at radius 1 is 0.846 bits per heavy atom. The molecule has 4 unspecified atom stereocenters. The molecule has 26 heavy (non-hydrogen) atoms. The van der Waals surface area contributed by atoms with Crippen molar-refractivity contribution in [2.24, 2.45) is 0 Å². The molecule has 4 rings (SSSR count). The van der Waals surface area contributed by atoms with E-state index in [1.807, 2.05) is 0 Å². The fourth-order valence-corrected chi connectivity index (χ4v) is 6.12. The maximum Gasteiger partial charge on any atom is 0.243 e. The number of hydrogen-bond acceptors (Lipinski definition) is 5. The van der Waals surface area contributed by atoms with Crippen LogP contribution in [0.5, 0.6) is 0 Å². The van der Waals surface area contributed by atoms with Gasteiger partial charge >= 0.3 is 0 Å². The first-order valence-corrected chi connectivity index (χ1v) is 11.8. The summed E-state index contributed by atoms with van der Waals surface area (Å²) in [4.78, 5) is 37.3. The topological polar surface area (TPSA) is 60.9 Å². The van der Waals surface area contributed by atoms with Crippen LogP contribution in [0.2, 0.25) is 0 Å². The van der Waals surface area contributed by atoms with Gasteiger partial charge in [-0.3, -0.25) is 18.7 Å². The fourth-order valence-electron chi connectivity index (χ4n) is 3.97. The zero-order valence-electron chi connectivity index (χ0n) is 13.8. The molecule has 1 aromatic rings. The standard InChI is InChI=1S/C15H18N3O3P3S2/c19-11-1-6-8(3-16(11)22)7-2-12(20)18(26-24)5-10(7)13-9(6)4-17(23)15(21)14(13)25/h14,25H,1-5,22-24H2. The number of carbonyl (C=O) groups is 3. The minimum atomic E-state index is -0.580. The van der Waals surface area contributed by atoms with E-state index in [0.717, 1.165) is 33.4 Å². The highest BCUT2D eigenvalue weighted by molar-refractivity contribution is 8.42. The van der Waals surface area contributed by atoms with E-state index in [-0.39, 0.29) is 24.1 Å². The van der Waals surface area contributed by atoms with Gasteiger partial charge in [-0.15, -0.1) is 0 Å². The molecule has 4 atom stereocenters. The first-order chi connectivity index (χ1) is 12.3. The van der Waals surface area contributed by atoms with Gasteiger partial charge in [-0.25, -0.2) is 0 Å². The second-order valence-corrected chi connectivity index (χ2v) is 9.63. The zero-order chi connectivity index (χ0) is 18.7. The molecule has 0 saturated heterocycles. The molecule has 11 heteroatoms. The van der Waals surface area contributed by atoms with Gasteiger partial charge in [-0.2, -0.15) is 12.6 Å². The molecule has 6 nitrogen and oxygen atoms in total. The first kappa shape index (κ1) is 19.0. The third kappa shape index (κ3) is 2.81. The van der Waals surface area contributed by atoms with Gasteiger partial charge in [0.1, 0.15) is 5.25 Å². The van der Waals surface area contributed by atoms with Crippen LogP contribution in [0.4, 0.5) is 0 Å². The highest BCUT2D eigenvalue weighted by Gasteiger charge is 2.40. The van der Waals surface area contributed by atoms with Gasteiger partial charge in [0.25, 0.3) is 0 Å². The summed E-state index contributed by atoms with van der Waals surface area (Å²) in [6.45, 7) is 1.36. The summed E-state index contributed by atoms with van der Waals surface area (Å²) in [7, 11) is 7.43. The number of carbonyl (C=O) groups excluding carboxylic acids is 3. The first-order valence-electron chi connectivity index (χ1n) is 7.98. The summed E-state index contributed by atoms with van der Waals surface area (Å²) in [5.41, 5.74) is 5.94. The van der Waals surface area contributed by atoms with Gasteiger partial charge in [0.2, 0.25) is 17.7 Å². The third-order valence-electron chi connectivity index (χ3n) is 5.24. The molecule has 0 aliphatic carbocycles. The van der Waals surface area contributed by atoms with E-state index >= 15 is 0 Å². The largest absolute Gasteiger partial charge is 0.323 e. The van der Waals surface area contributed by atoms with Crippen LogP contribution in [0, 0.1) is 0 Å². The molecular weight excluding hydrogens is 427 g/mol. The molecule has 0 saturated carbocycles. The van der Waals surface area contributed by atoms with Gasteiger partial charge in [-0.1, -0.05) is 8.44 Å². The summed E-state index contributed by atoms with van der Waals surface area (Å²) in [5.74, 6) is -0.0148. The van der Waals surface area contributed by atoms with Gasteiger partial charge in [0, 0.05) is 13.1 Å². The van der Waals surface area contributed by atoms with Crippen molar-refractivity contribution in [2.75, 3.05) is 0 Å². The maximum atomic E-state index is 12.5. The lowest BCUT2D eigenvalue weighted by atomic mass is 9.79. The molecule has 1 aromatic carbocycles. The van der Waals surface area contributed by atoms with Crippen molar-refractivity contribution in [2.45, 2.75) is 37.7 Å². The molecule has 0 N–H and O–H groups in total. The van der Waals surface area contributed by atoms with Crippen LogP contribution in [-0.2, 0) is 46.9 Å². The Bertz CT molecular complexity index is 867. The average Bonchev–Trinajstić information content (AvgIpc) is 2.61. The molecule has 3 heterocycles. The van der Waals surface area contributed by atoms with Crippen LogP contribution in [0.25, 0.3) is 0 Å². The van der Waals surface area contributed by atoms with Gasteiger partial charge < -0.3 is 9.34 Å². The Hall–Kier alpha value is -0.380. The van der Waals surface area contributed by atoms with Gasteiger partial charge in [0.15, 0.2) is 0 Å². The molecule has 0 spiro atoms. The molecule has 0 radical (unpaired) electrons. The predicted octanol–water partition coefficient (Wildman–Crippen LogP) is 1.79. The van der Waals surface area contributed by atoms with Crippen molar-refractivity contribution >= 4 is 69.1 Å². The molecule has 0 fully saturated rings. The van der Waals surface area contributed by atoms with E-state index < -0.39 is 5.25 Å². The van der Waals surface area contributed by atoms with E-state index in [9.17, 15) is 14.4 Å². The molecule has 3 aliphatic heterocycles. The number of rotatable bonds is 1. The van der Waals surface area contributed by atoms with Crippen molar-refractivity contribution < 1.29 is 14.4 Å². The second-order valence-electron chi connectivity index (χ2n) is 6.59. The second kappa shape index (κ2) is 6.90. The van der Waals surface area contributed by atoms with Crippen molar-refractivity contribution in [3.63, 3.8) is 0 Å². The van der Waals surface area contributed by atoms with E-state index in [1.54, 1.807) is 13.6 Å². The summed E-state index contributed by atoms with van der Waals surface area (Å²) in [5, 5.41) is -0.580. The lowest BCUT2D eigenvalue weighted by molar-refractivity contribution is -0.126. The van der Waals surface area contributed by atoms with Crippen molar-refractivity contribution in [3.05, 3.63) is 33.4 Å². The molecule has 0 aromatic heterocycles. The minimum absolute atomic E-state index is 0.0249. The Labute approximate surface area is 168 Å². The average molecular weight is 445 g/mol. The van der Waals surface area contributed by atoms with Crippen molar-refractivity contribution in [1.29, 1.82) is 0 Å². The maximum absolute atomic E-state index is 12.5. The van der Waals surface area contributed by atoms with Crippen LogP contribution in [0.3, 0.4) is 0 Å². The number of nitrogens with zero attached hydrogens (tertiary/aromatic N) is 3. The molecule has 3 aliphatic rings. The summed E-state index contributed by atoms with van der Waals surface area (Å²) in [6.07, 6.45) is 0.580. The summed E-state index contributed by atoms with van der Waals surface area (Å²) in [6, 6.07) is 0. The Morgan fingerprint density at radius 3 is 2.08 bits per heavy atom. The summed E-state index contributed by atoms with van der Waals surface area (Å²) >= 11 is 5.91. The third-order valence-corrected chi connectivity index (χ3v) is 7.98. The molecule has 3 amide bonds. The van der Waals surface area contributed by atoms with Crippen LogP contribution in [-0.4, -0.2) is 31.4 Å². The SMILES string of the molecule is O=C1Cc2c(c3c(c4c2CN(P)C(=O)C4S)CN(SP)C(=O)C3)CN1P. The summed E-state index contributed by atoms with van der Waals surface area (Å²) < 4.78 is 4.91. The Morgan fingerprint density at radius 2 is 1.42 bits per heavy atom. The minimum Gasteiger partial charge on any atom is -0.323 e. The van der Waals surface area contributed by atoms with E-state index in [4.69, 9.17) is 0 Å². The lowest BCUT2D eigenvalue weighted by Crippen LogP contribution is -2.40. The monoisotopic (exact) mass is 445 g/mol. The van der Waals surface area contributed by atoms with Crippen LogP contribution in [0.1, 0.15) is 38.6 Å². The van der Waals surface area contributed by atoms with Crippen LogP contribution in [0.15, 0.2) is 0 Å².